The van der Waals surface area contributed by atoms with Crippen LogP contribution in [0.5, 0.6) is 0 Å². The third-order valence-electron chi connectivity index (χ3n) is 5.37. The Hall–Kier alpha value is -1.68. The lowest BCUT2D eigenvalue weighted by atomic mass is 10.1. The quantitative estimate of drug-likeness (QED) is 0.614. The first-order chi connectivity index (χ1) is 14.4. The number of sulfonamides is 1. The van der Waals surface area contributed by atoms with Gasteiger partial charge in [0.15, 0.2) is 0 Å². The van der Waals surface area contributed by atoms with Gasteiger partial charge in [0, 0.05) is 32.7 Å². The highest BCUT2D eigenvalue weighted by Crippen LogP contribution is 2.28. The number of amides is 1. The van der Waals surface area contributed by atoms with E-state index in [0.717, 1.165) is 25.9 Å². The number of nitrogens with zero attached hydrogens (tertiary/aromatic N) is 1. The molecule has 2 aliphatic heterocycles. The van der Waals surface area contributed by atoms with Crippen molar-refractivity contribution in [2.75, 3.05) is 50.1 Å². The number of morpholine rings is 1. The third-order valence-corrected chi connectivity index (χ3v) is 7.26. The Morgan fingerprint density at radius 3 is 2.63 bits per heavy atom. The van der Waals surface area contributed by atoms with Gasteiger partial charge >= 0.3 is 0 Å². The van der Waals surface area contributed by atoms with Gasteiger partial charge in [-0.3, -0.25) is 4.79 Å². The molecule has 0 spiro atoms. The molecule has 1 aromatic rings. The van der Waals surface area contributed by atoms with Gasteiger partial charge in [0.2, 0.25) is 15.9 Å². The van der Waals surface area contributed by atoms with E-state index in [1.807, 2.05) is 0 Å². The third kappa shape index (κ3) is 6.16. The number of rotatable bonds is 9. The molecule has 1 amide bonds. The van der Waals surface area contributed by atoms with Crippen molar-refractivity contribution in [2.24, 2.45) is 5.92 Å². The second-order valence-electron chi connectivity index (χ2n) is 8.22. The van der Waals surface area contributed by atoms with Gasteiger partial charge in [-0.2, -0.15) is 4.31 Å². The summed E-state index contributed by atoms with van der Waals surface area (Å²) >= 11 is 0. The average Bonchev–Trinajstić information content (AvgIpc) is 3.25. The fraction of sp³-hybridized carbons (Fsp3) is 0.667. The minimum absolute atomic E-state index is 0.121. The van der Waals surface area contributed by atoms with Crippen molar-refractivity contribution >= 4 is 27.3 Å². The van der Waals surface area contributed by atoms with Crippen molar-refractivity contribution in [3.05, 3.63) is 18.2 Å². The van der Waals surface area contributed by atoms with Gasteiger partial charge in [-0.1, -0.05) is 13.8 Å². The molecule has 2 N–H and O–H groups in total. The van der Waals surface area contributed by atoms with Crippen molar-refractivity contribution in [3.8, 4) is 0 Å². The largest absolute Gasteiger partial charge is 0.381 e. The van der Waals surface area contributed by atoms with Gasteiger partial charge in [0.1, 0.15) is 0 Å². The van der Waals surface area contributed by atoms with Crippen LogP contribution in [0.1, 0.15) is 39.5 Å². The summed E-state index contributed by atoms with van der Waals surface area (Å²) in [6.07, 6.45) is 3.33. The number of carbonyl (C=O) groups is 1. The van der Waals surface area contributed by atoms with Crippen molar-refractivity contribution < 1.29 is 22.7 Å². The molecule has 1 aromatic carbocycles. The van der Waals surface area contributed by atoms with Crippen molar-refractivity contribution in [3.63, 3.8) is 0 Å². The summed E-state index contributed by atoms with van der Waals surface area (Å²) in [6.45, 7) is 6.95. The maximum atomic E-state index is 13.0. The van der Waals surface area contributed by atoms with E-state index in [4.69, 9.17) is 9.47 Å². The zero-order valence-electron chi connectivity index (χ0n) is 17.9. The highest BCUT2D eigenvalue weighted by atomic mass is 32.2. The first-order valence-electron chi connectivity index (χ1n) is 10.7. The Labute approximate surface area is 179 Å². The van der Waals surface area contributed by atoms with E-state index in [-0.39, 0.29) is 16.9 Å². The van der Waals surface area contributed by atoms with Crippen LogP contribution in [0.15, 0.2) is 23.1 Å². The Bertz CT molecular complexity index is 816. The molecule has 30 heavy (non-hydrogen) atoms. The maximum absolute atomic E-state index is 13.0. The Kier molecular flexibility index (Phi) is 8.10. The maximum Gasteiger partial charge on any atom is 0.243 e. The van der Waals surface area contributed by atoms with Crippen LogP contribution in [-0.4, -0.2) is 64.2 Å². The summed E-state index contributed by atoms with van der Waals surface area (Å²) < 4.78 is 38.4. The smallest absolute Gasteiger partial charge is 0.243 e. The molecule has 2 aliphatic rings. The molecule has 2 saturated heterocycles. The summed E-state index contributed by atoms with van der Waals surface area (Å²) in [6, 6.07) is 4.86. The molecular formula is C21H33N3O5S. The number of hydrogen-bond donors (Lipinski definition) is 2. The Morgan fingerprint density at radius 1 is 1.20 bits per heavy atom. The van der Waals surface area contributed by atoms with E-state index >= 15 is 0 Å². The molecule has 2 fully saturated rings. The first kappa shape index (κ1) is 23.0. The number of ether oxygens (including phenoxy) is 2. The topological polar surface area (TPSA) is 97.0 Å². The zero-order valence-corrected chi connectivity index (χ0v) is 18.7. The molecule has 168 valence electrons. The molecule has 0 radical (unpaired) electrons. The molecular weight excluding hydrogens is 406 g/mol. The highest BCUT2D eigenvalue weighted by molar-refractivity contribution is 7.89. The van der Waals surface area contributed by atoms with Crippen LogP contribution in [0.4, 0.5) is 11.4 Å². The van der Waals surface area contributed by atoms with E-state index in [0.29, 0.717) is 56.6 Å². The SMILES string of the molecule is CC(C)CCC(=O)Nc1cc(S(=O)(=O)N2CCOCC2)ccc1NCC1CCCO1. The molecule has 8 nitrogen and oxygen atoms in total. The number of carbonyl (C=O) groups excluding carboxylic acids is 1. The summed E-state index contributed by atoms with van der Waals surface area (Å²) in [5, 5.41) is 6.22. The van der Waals surface area contributed by atoms with Gasteiger partial charge in [-0.25, -0.2) is 8.42 Å². The number of anilines is 2. The van der Waals surface area contributed by atoms with E-state index in [1.54, 1.807) is 18.2 Å². The van der Waals surface area contributed by atoms with Crippen LogP contribution in [0.25, 0.3) is 0 Å². The Morgan fingerprint density at radius 2 is 1.97 bits per heavy atom. The number of nitrogens with one attached hydrogen (secondary N) is 2. The minimum atomic E-state index is -3.64. The number of hydrogen-bond acceptors (Lipinski definition) is 6. The van der Waals surface area contributed by atoms with Crippen molar-refractivity contribution in [1.82, 2.24) is 4.31 Å². The summed E-state index contributed by atoms with van der Waals surface area (Å²) in [7, 11) is -3.64. The molecule has 0 aromatic heterocycles. The Balaban J connectivity index is 1.79. The van der Waals surface area contributed by atoms with Crippen LogP contribution in [0, 0.1) is 5.92 Å². The molecule has 2 heterocycles. The highest BCUT2D eigenvalue weighted by Gasteiger charge is 2.27. The fourth-order valence-electron chi connectivity index (χ4n) is 3.54. The molecule has 0 saturated carbocycles. The lowest BCUT2D eigenvalue weighted by molar-refractivity contribution is -0.116. The second-order valence-corrected chi connectivity index (χ2v) is 10.2. The standard InChI is InChI=1S/C21H33N3O5S/c1-16(2)5-8-21(25)23-20-14-18(30(26,27)24-9-12-28-13-10-24)6-7-19(20)22-15-17-4-3-11-29-17/h6-7,14,16-17,22H,3-5,8-13,15H2,1-2H3,(H,23,25). The van der Waals surface area contributed by atoms with Gasteiger partial charge in [-0.15, -0.1) is 0 Å². The van der Waals surface area contributed by atoms with Crippen LogP contribution in [0.3, 0.4) is 0 Å². The fourth-order valence-corrected chi connectivity index (χ4v) is 4.97. The normalized spacial score (nSPS) is 20.4. The molecule has 3 rings (SSSR count). The zero-order chi connectivity index (χ0) is 21.6. The van der Waals surface area contributed by atoms with Crippen LogP contribution in [0.2, 0.25) is 0 Å². The number of benzene rings is 1. The van der Waals surface area contributed by atoms with Crippen LogP contribution >= 0.6 is 0 Å². The van der Waals surface area contributed by atoms with Crippen molar-refractivity contribution in [1.29, 1.82) is 0 Å². The molecule has 0 bridgehead atoms. The molecule has 0 aliphatic carbocycles. The average molecular weight is 440 g/mol. The van der Waals surface area contributed by atoms with E-state index < -0.39 is 10.0 Å². The lowest BCUT2D eigenvalue weighted by Crippen LogP contribution is -2.40. The van der Waals surface area contributed by atoms with Crippen LogP contribution in [-0.2, 0) is 24.3 Å². The van der Waals surface area contributed by atoms with Gasteiger partial charge in [0.25, 0.3) is 0 Å². The van der Waals surface area contributed by atoms with E-state index in [2.05, 4.69) is 24.5 Å². The summed E-state index contributed by atoms with van der Waals surface area (Å²) in [5.41, 5.74) is 1.18. The molecule has 1 unspecified atom stereocenters. The summed E-state index contributed by atoms with van der Waals surface area (Å²) in [4.78, 5) is 12.6. The lowest BCUT2D eigenvalue weighted by Gasteiger charge is -2.26. The minimum Gasteiger partial charge on any atom is -0.381 e. The predicted octanol–water partition coefficient (Wildman–Crippen LogP) is 2.67. The van der Waals surface area contributed by atoms with E-state index in [1.165, 1.54) is 4.31 Å². The van der Waals surface area contributed by atoms with Crippen molar-refractivity contribution in [2.45, 2.75) is 50.5 Å². The van der Waals surface area contributed by atoms with Gasteiger partial charge in [0.05, 0.1) is 35.6 Å². The summed E-state index contributed by atoms with van der Waals surface area (Å²) in [5.74, 6) is 0.297. The van der Waals surface area contributed by atoms with E-state index in [9.17, 15) is 13.2 Å². The van der Waals surface area contributed by atoms with Crippen LogP contribution < -0.4 is 10.6 Å². The van der Waals surface area contributed by atoms with Gasteiger partial charge < -0.3 is 20.1 Å². The first-order valence-corrected chi connectivity index (χ1v) is 12.2. The van der Waals surface area contributed by atoms with Gasteiger partial charge in [-0.05, 0) is 43.4 Å². The predicted molar refractivity (Wildman–Crippen MR) is 116 cm³/mol. The monoisotopic (exact) mass is 439 g/mol. The molecule has 1 atom stereocenters. The molecule has 9 heteroatoms. The second kappa shape index (κ2) is 10.6.